The van der Waals surface area contributed by atoms with Gasteiger partial charge in [-0.2, -0.15) is 0 Å². The van der Waals surface area contributed by atoms with Gasteiger partial charge in [0.25, 0.3) is 0 Å². The number of hydrogen-bond acceptors (Lipinski definition) is 4. The Morgan fingerprint density at radius 1 is 1.17 bits per heavy atom. The standard InChI is InChI=1S/C26H38O4/c1-4-5-6-23(27)30-19-9-12-24(2)18(17-19)7-8-20-21(24)10-13-25(3)22(20)11-14-26(25)28-15-16-29-26/h4,7,19-22H,1,5-6,8-17H2,2-3H3/t19-,20+,21-,22-,24-,25-/m0/s1. The smallest absolute Gasteiger partial charge is 0.306 e. The molecular weight excluding hydrogens is 376 g/mol. The van der Waals surface area contributed by atoms with E-state index in [1.807, 2.05) is 0 Å². The van der Waals surface area contributed by atoms with Crippen molar-refractivity contribution in [2.45, 2.75) is 89.9 Å². The lowest BCUT2D eigenvalue weighted by molar-refractivity contribution is -0.242. The number of esters is 1. The van der Waals surface area contributed by atoms with Gasteiger partial charge in [0.2, 0.25) is 0 Å². The molecule has 0 aromatic carbocycles. The second-order valence-corrected chi connectivity index (χ2v) is 10.9. The predicted molar refractivity (Wildman–Crippen MR) is 116 cm³/mol. The minimum Gasteiger partial charge on any atom is -0.462 e. The zero-order valence-corrected chi connectivity index (χ0v) is 18.8. The first-order valence-electron chi connectivity index (χ1n) is 12.2. The second-order valence-electron chi connectivity index (χ2n) is 10.9. The SMILES string of the molecule is C=CCCC(=O)O[C@H]1CC[C@@]2(C)C(=CC[C@@H]3[C@@H]2CC[C@@]2(C)[C@H]3CCC23OCCO3)C1. The Balaban J connectivity index is 1.32. The van der Waals surface area contributed by atoms with E-state index in [0.29, 0.717) is 18.8 Å². The van der Waals surface area contributed by atoms with Crippen LogP contribution < -0.4 is 0 Å². The number of carbonyl (C=O) groups is 1. The molecule has 166 valence electrons. The number of rotatable bonds is 4. The highest BCUT2D eigenvalue weighted by molar-refractivity contribution is 5.69. The monoisotopic (exact) mass is 414 g/mol. The van der Waals surface area contributed by atoms with Crippen molar-refractivity contribution in [1.82, 2.24) is 0 Å². The number of carbonyl (C=O) groups excluding carboxylic acids is 1. The summed E-state index contributed by atoms with van der Waals surface area (Å²) in [7, 11) is 0. The van der Waals surface area contributed by atoms with Crippen LogP contribution in [0.25, 0.3) is 0 Å². The van der Waals surface area contributed by atoms with Crippen LogP contribution in [0.1, 0.15) is 78.1 Å². The summed E-state index contributed by atoms with van der Waals surface area (Å²) < 4.78 is 18.4. The lowest BCUT2D eigenvalue weighted by atomic mass is 9.47. The molecule has 1 spiro atoms. The van der Waals surface area contributed by atoms with Crippen molar-refractivity contribution in [3.05, 3.63) is 24.3 Å². The van der Waals surface area contributed by atoms with Gasteiger partial charge in [-0.15, -0.1) is 6.58 Å². The molecule has 4 fully saturated rings. The third-order valence-corrected chi connectivity index (χ3v) is 9.71. The third-order valence-electron chi connectivity index (χ3n) is 9.71. The van der Waals surface area contributed by atoms with Gasteiger partial charge in [0.05, 0.1) is 13.2 Å². The summed E-state index contributed by atoms with van der Waals surface area (Å²) in [5, 5.41) is 0. The van der Waals surface area contributed by atoms with E-state index in [-0.39, 0.29) is 28.7 Å². The minimum atomic E-state index is -0.315. The molecule has 0 aromatic rings. The maximum atomic E-state index is 12.1. The first kappa shape index (κ1) is 20.8. The van der Waals surface area contributed by atoms with Crippen LogP contribution in [0, 0.1) is 28.6 Å². The van der Waals surface area contributed by atoms with E-state index in [2.05, 4.69) is 26.5 Å². The van der Waals surface area contributed by atoms with Gasteiger partial charge in [-0.3, -0.25) is 4.79 Å². The van der Waals surface area contributed by atoms with Gasteiger partial charge in [-0.05, 0) is 68.1 Å². The Bertz CT molecular complexity index is 735. The van der Waals surface area contributed by atoms with Gasteiger partial charge >= 0.3 is 5.97 Å². The molecule has 5 aliphatic rings. The fourth-order valence-corrected chi connectivity index (χ4v) is 8.08. The third kappa shape index (κ3) is 2.97. The van der Waals surface area contributed by atoms with Crippen molar-refractivity contribution >= 4 is 5.97 Å². The molecule has 0 radical (unpaired) electrons. The Hall–Kier alpha value is -1.13. The molecule has 6 atom stereocenters. The first-order valence-corrected chi connectivity index (χ1v) is 12.2. The van der Waals surface area contributed by atoms with Gasteiger partial charge in [0.1, 0.15) is 6.10 Å². The Kier molecular flexibility index (Phi) is 5.17. The van der Waals surface area contributed by atoms with E-state index in [1.165, 1.54) is 25.7 Å². The molecule has 0 aromatic heterocycles. The topological polar surface area (TPSA) is 44.8 Å². The molecule has 1 saturated heterocycles. The molecule has 5 rings (SSSR count). The maximum Gasteiger partial charge on any atom is 0.306 e. The molecule has 0 bridgehead atoms. The highest BCUT2D eigenvalue weighted by Gasteiger charge is 2.66. The molecule has 4 heteroatoms. The fourth-order valence-electron chi connectivity index (χ4n) is 8.08. The van der Waals surface area contributed by atoms with Crippen molar-refractivity contribution < 1.29 is 19.0 Å². The molecule has 0 N–H and O–H groups in total. The number of allylic oxidation sites excluding steroid dienone is 2. The van der Waals surface area contributed by atoms with Gasteiger partial charge in [0.15, 0.2) is 5.79 Å². The van der Waals surface area contributed by atoms with Gasteiger partial charge < -0.3 is 14.2 Å². The van der Waals surface area contributed by atoms with E-state index in [1.54, 1.807) is 11.6 Å². The van der Waals surface area contributed by atoms with Crippen LogP contribution in [0.3, 0.4) is 0 Å². The first-order chi connectivity index (χ1) is 14.4. The van der Waals surface area contributed by atoms with Crippen LogP contribution in [0.15, 0.2) is 24.3 Å². The van der Waals surface area contributed by atoms with Gasteiger partial charge in [-0.1, -0.05) is 31.6 Å². The zero-order valence-electron chi connectivity index (χ0n) is 18.8. The second kappa shape index (κ2) is 7.48. The lowest BCUT2D eigenvalue weighted by Crippen LogP contribution is -2.55. The lowest BCUT2D eigenvalue weighted by Gasteiger charge is -2.58. The van der Waals surface area contributed by atoms with Gasteiger partial charge in [-0.25, -0.2) is 0 Å². The molecule has 30 heavy (non-hydrogen) atoms. The van der Waals surface area contributed by atoms with Crippen LogP contribution in [-0.2, 0) is 19.0 Å². The van der Waals surface area contributed by atoms with Crippen LogP contribution in [0.2, 0.25) is 0 Å². The summed E-state index contributed by atoms with van der Waals surface area (Å²) >= 11 is 0. The number of fused-ring (bicyclic) bond motifs is 6. The van der Waals surface area contributed by atoms with E-state index in [0.717, 1.165) is 50.7 Å². The highest BCUT2D eigenvalue weighted by Crippen LogP contribution is 2.68. The van der Waals surface area contributed by atoms with E-state index >= 15 is 0 Å². The Morgan fingerprint density at radius 3 is 2.70 bits per heavy atom. The minimum absolute atomic E-state index is 0.0575. The van der Waals surface area contributed by atoms with Crippen LogP contribution in [0.4, 0.5) is 0 Å². The van der Waals surface area contributed by atoms with Crippen molar-refractivity contribution in [3.63, 3.8) is 0 Å². The van der Waals surface area contributed by atoms with Crippen molar-refractivity contribution in [2.24, 2.45) is 28.6 Å². The van der Waals surface area contributed by atoms with Crippen LogP contribution in [-0.4, -0.2) is 31.1 Å². The molecule has 4 nitrogen and oxygen atoms in total. The number of ether oxygens (including phenoxy) is 3. The average molecular weight is 415 g/mol. The normalized spacial score (nSPS) is 44.0. The molecule has 1 aliphatic heterocycles. The predicted octanol–water partition coefficient (Wildman–Crippen LogP) is 5.57. The summed E-state index contributed by atoms with van der Waals surface area (Å²) in [5.41, 5.74) is 1.98. The Labute approximate surface area is 181 Å². The molecular formula is C26H38O4. The van der Waals surface area contributed by atoms with Crippen molar-refractivity contribution in [1.29, 1.82) is 0 Å². The van der Waals surface area contributed by atoms with E-state index in [9.17, 15) is 4.79 Å². The highest BCUT2D eigenvalue weighted by atomic mass is 16.7. The number of hydrogen-bond donors (Lipinski definition) is 0. The maximum absolute atomic E-state index is 12.1. The summed E-state index contributed by atoms with van der Waals surface area (Å²) in [4.78, 5) is 12.1. The van der Waals surface area contributed by atoms with E-state index in [4.69, 9.17) is 14.2 Å². The van der Waals surface area contributed by atoms with E-state index < -0.39 is 0 Å². The zero-order chi connectivity index (χ0) is 21.0. The Morgan fingerprint density at radius 2 is 1.93 bits per heavy atom. The molecule has 3 saturated carbocycles. The van der Waals surface area contributed by atoms with Crippen molar-refractivity contribution in [3.8, 4) is 0 Å². The largest absolute Gasteiger partial charge is 0.462 e. The molecule has 0 amide bonds. The van der Waals surface area contributed by atoms with Crippen LogP contribution >= 0.6 is 0 Å². The van der Waals surface area contributed by atoms with Crippen LogP contribution in [0.5, 0.6) is 0 Å². The summed E-state index contributed by atoms with van der Waals surface area (Å²) in [6, 6.07) is 0. The van der Waals surface area contributed by atoms with Crippen molar-refractivity contribution in [2.75, 3.05) is 13.2 Å². The summed E-state index contributed by atoms with van der Waals surface area (Å²) in [5.74, 6) is 1.78. The molecule has 0 unspecified atom stereocenters. The van der Waals surface area contributed by atoms with Gasteiger partial charge in [0, 0.05) is 24.7 Å². The fraction of sp³-hybridized carbons (Fsp3) is 0.808. The average Bonchev–Trinajstić information content (AvgIpc) is 3.33. The quantitative estimate of drug-likeness (QED) is 0.446. The molecule has 4 aliphatic carbocycles. The summed E-state index contributed by atoms with van der Waals surface area (Å²) in [6.07, 6.45) is 14.5. The molecule has 1 heterocycles. The summed E-state index contributed by atoms with van der Waals surface area (Å²) in [6.45, 7) is 10.2.